The molecule has 0 aromatic heterocycles. The first kappa shape index (κ1) is 15.4. The maximum Gasteiger partial charge on any atom is 0.218 e. The van der Waals surface area contributed by atoms with Gasteiger partial charge in [0.05, 0.1) is 0 Å². The standard InChI is InChI=1S/C14H29N3O/c1-3-8-17(9-6-13(16)18)14(11-15)7-4-5-12(2)10-14/h12H,3-11,15H2,1-2H3,(H2,16,18). The van der Waals surface area contributed by atoms with Gasteiger partial charge in [0, 0.05) is 25.0 Å². The molecule has 4 nitrogen and oxygen atoms in total. The van der Waals surface area contributed by atoms with Crippen molar-refractivity contribution in [2.75, 3.05) is 19.6 Å². The van der Waals surface area contributed by atoms with Gasteiger partial charge in [0.2, 0.25) is 5.91 Å². The zero-order chi connectivity index (χ0) is 13.6. The first-order valence-corrected chi connectivity index (χ1v) is 7.27. The van der Waals surface area contributed by atoms with Crippen molar-refractivity contribution in [1.29, 1.82) is 0 Å². The van der Waals surface area contributed by atoms with E-state index in [0.29, 0.717) is 13.0 Å². The number of hydrogen-bond donors (Lipinski definition) is 2. The number of primary amides is 1. The van der Waals surface area contributed by atoms with Crippen LogP contribution in [0.4, 0.5) is 0 Å². The number of rotatable bonds is 7. The highest BCUT2D eigenvalue weighted by Crippen LogP contribution is 2.36. The second-order valence-electron chi connectivity index (χ2n) is 5.83. The Morgan fingerprint density at radius 2 is 2.17 bits per heavy atom. The van der Waals surface area contributed by atoms with Crippen LogP contribution in [0.5, 0.6) is 0 Å². The first-order valence-electron chi connectivity index (χ1n) is 7.27. The third-order valence-electron chi connectivity index (χ3n) is 4.24. The molecule has 2 unspecified atom stereocenters. The number of carbonyl (C=O) groups excluding carboxylic acids is 1. The van der Waals surface area contributed by atoms with Crippen LogP contribution in [0.15, 0.2) is 0 Å². The molecule has 0 spiro atoms. The quantitative estimate of drug-likeness (QED) is 0.724. The molecule has 0 radical (unpaired) electrons. The van der Waals surface area contributed by atoms with Crippen LogP contribution >= 0.6 is 0 Å². The minimum atomic E-state index is -0.216. The number of carbonyl (C=O) groups is 1. The van der Waals surface area contributed by atoms with Gasteiger partial charge in [-0.15, -0.1) is 0 Å². The molecular formula is C14H29N3O. The van der Waals surface area contributed by atoms with Gasteiger partial charge in [-0.2, -0.15) is 0 Å². The fourth-order valence-corrected chi connectivity index (χ4v) is 3.34. The second-order valence-corrected chi connectivity index (χ2v) is 5.83. The zero-order valence-electron chi connectivity index (χ0n) is 12.0. The van der Waals surface area contributed by atoms with E-state index in [2.05, 4.69) is 18.7 Å². The monoisotopic (exact) mass is 255 g/mol. The number of nitrogens with zero attached hydrogens (tertiary/aromatic N) is 1. The molecule has 1 saturated carbocycles. The van der Waals surface area contributed by atoms with Gasteiger partial charge in [-0.25, -0.2) is 0 Å². The van der Waals surface area contributed by atoms with Crippen molar-refractivity contribution in [3.63, 3.8) is 0 Å². The Labute approximate surface area is 111 Å². The molecule has 0 aliphatic heterocycles. The molecular weight excluding hydrogens is 226 g/mol. The van der Waals surface area contributed by atoms with Crippen LogP contribution in [-0.2, 0) is 4.79 Å². The average molecular weight is 255 g/mol. The van der Waals surface area contributed by atoms with Crippen molar-refractivity contribution < 1.29 is 4.79 Å². The van der Waals surface area contributed by atoms with Crippen LogP contribution in [0, 0.1) is 5.92 Å². The normalized spacial score (nSPS) is 28.6. The third kappa shape index (κ3) is 3.95. The molecule has 18 heavy (non-hydrogen) atoms. The molecule has 1 amide bonds. The van der Waals surface area contributed by atoms with E-state index in [4.69, 9.17) is 11.5 Å². The molecule has 4 heteroatoms. The Morgan fingerprint density at radius 3 is 2.67 bits per heavy atom. The molecule has 4 N–H and O–H groups in total. The van der Waals surface area contributed by atoms with Crippen LogP contribution in [0.25, 0.3) is 0 Å². The Morgan fingerprint density at radius 1 is 1.44 bits per heavy atom. The number of nitrogens with two attached hydrogens (primary N) is 2. The minimum Gasteiger partial charge on any atom is -0.370 e. The van der Waals surface area contributed by atoms with E-state index < -0.39 is 0 Å². The van der Waals surface area contributed by atoms with Gasteiger partial charge in [-0.05, 0) is 31.7 Å². The van der Waals surface area contributed by atoms with Gasteiger partial charge >= 0.3 is 0 Å². The van der Waals surface area contributed by atoms with E-state index in [1.165, 1.54) is 12.8 Å². The molecule has 0 heterocycles. The summed E-state index contributed by atoms with van der Waals surface area (Å²) >= 11 is 0. The second kappa shape index (κ2) is 7.10. The highest BCUT2D eigenvalue weighted by Gasteiger charge is 2.38. The van der Waals surface area contributed by atoms with Crippen molar-refractivity contribution in [1.82, 2.24) is 4.90 Å². The summed E-state index contributed by atoms with van der Waals surface area (Å²) in [5.74, 6) is 0.516. The fourth-order valence-electron chi connectivity index (χ4n) is 3.34. The van der Waals surface area contributed by atoms with Crippen molar-refractivity contribution in [2.24, 2.45) is 17.4 Å². The van der Waals surface area contributed by atoms with Gasteiger partial charge in [0.1, 0.15) is 0 Å². The highest BCUT2D eigenvalue weighted by molar-refractivity contribution is 5.73. The smallest absolute Gasteiger partial charge is 0.218 e. The summed E-state index contributed by atoms with van der Waals surface area (Å²) < 4.78 is 0. The molecule has 106 valence electrons. The van der Waals surface area contributed by atoms with E-state index in [0.717, 1.165) is 38.3 Å². The van der Waals surface area contributed by atoms with Crippen molar-refractivity contribution in [3.8, 4) is 0 Å². The molecule has 0 aromatic rings. The van der Waals surface area contributed by atoms with E-state index in [9.17, 15) is 4.79 Å². The van der Waals surface area contributed by atoms with Gasteiger partial charge in [0.15, 0.2) is 0 Å². The maximum atomic E-state index is 11.0. The highest BCUT2D eigenvalue weighted by atomic mass is 16.1. The Hall–Kier alpha value is -0.610. The van der Waals surface area contributed by atoms with E-state index >= 15 is 0 Å². The molecule has 1 aliphatic carbocycles. The van der Waals surface area contributed by atoms with Crippen LogP contribution in [0.2, 0.25) is 0 Å². The molecule has 0 bridgehead atoms. The van der Waals surface area contributed by atoms with E-state index in [1.54, 1.807) is 0 Å². The minimum absolute atomic E-state index is 0.100. The van der Waals surface area contributed by atoms with Crippen molar-refractivity contribution in [2.45, 2.75) is 57.9 Å². The fraction of sp³-hybridized carbons (Fsp3) is 0.929. The summed E-state index contributed by atoms with van der Waals surface area (Å²) in [5.41, 5.74) is 11.5. The largest absolute Gasteiger partial charge is 0.370 e. The van der Waals surface area contributed by atoms with Gasteiger partial charge in [0.25, 0.3) is 0 Å². The topological polar surface area (TPSA) is 72.3 Å². The Kier molecular flexibility index (Phi) is 6.09. The summed E-state index contributed by atoms with van der Waals surface area (Å²) in [6.45, 7) is 6.94. The number of hydrogen-bond acceptors (Lipinski definition) is 3. The molecule has 0 aromatic carbocycles. The molecule has 1 fully saturated rings. The van der Waals surface area contributed by atoms with Gasteiger partial charge in [-0.3, -0.25) is 9.69 Å². The molecule has 1 aliphatic rings. The number of amides is 1. The van der Waals surface area contributed by atoms with Gasteiger partial charge in [-0.1, -0.05) is 26.7 Å². The van der Waals surface area contributed by atoms with E-state index in [-0.39, 0.29) is 11.4 Å². The predicted molar refractivity (Wildman–Crippen MR) is 75.1 cm³/mol. The maximum absolute atomic E-state index is 11.0. The third-order valence-corrected chi connectivity index (χ3v) is 4.24. The zero-order valence-corrected chi connectivity index (χ0v) is 12.0. The van der Waals surface area contributed by atoms with Crippen LogP contribution in [-0.4, -0.2) is 36.0 Å². The lowest BCUT2D eigenvalue weighted by Gasteiger charge is -2.48. The molecule has 2 atom stereocenters. The van der Waals surface area contributed by atoms with Crippen molar-refractivity contribution >= 4 is 5.91 Å². The predicted octanol–water partition coefficient (Wildman–Crippen LogP) is 1.48. The Balaban J connectivity index is 2.74. The molecule has 1 rings (SSSR count). The summed E-state index contributed by atoms with van der Waals surface area (Å²) in [6, 6.07) is 0. The lowest BCUT2D eigenvalue weighted by atomic mass is 9.75. The average Bonchev–Trinajstić information content (AvgIpc) is 2.34. The van der Waals surface area contributed by atoms with E-state index in [1.807, 2.05) is 0 Å². The molecule has 0 saturated heterocycles. The SMILES string of the molecule is CCCN(CCC(N)=O)C1(CN)CCCC(C)C1. The first-order chi connectivity index (χ1) is 8.54. The van der Waals surface area contributed by atoms with Gasteiger partial charge < -0.3 is 11.5 Å². The summed E-state index contributed by atoms with van der Waals surface area (Å²) in [6.07, 6.45) is 6.40. The summed E-state index contributed by atoms with van der Waals surface area (Å²) in [5, 5.41) is 0. The lowest BCUT2D eigenvalue weighted by molar-refractivity contribution is -0.118. The van der Waals surface area contributed by atoms with Crippen LogP contribution < -0.4 is 11.5 Å². The summed E-state index contributed by atoms with van der Waals surface area (Å²) in [4.78, 5) is 13.4. The van der Waals surface area contributed by atoms with Crippen molar-refractivity contribution in [3.05, 3.63) is 0 Å². The lowest BCUT2D eigenvalue weighted by Crippen LogP contribution is -2.57. The van der Waals surface area contributed by atoms with Crippen LogP contribution in [0.3, 0.4) is 0 Å². The van der Waals surface area contributed by atoms with Crippen LogP contribution in [0.1, 0.15) is 52.4 Å². The summed E-state index contributed by atoms with van der Waals surface area (Å²) in [7, 11) is 0. The Bertz CT molecular complexity index is 270.